The van der Waals surface area contributed by atoms with E-state index in [1.807, 2.05) is 6.07 Å². The van der Waals surface area contributed by atoms with Gasteiger partial charge in [-0.2, -0.15) is 0 Å². The van der Waals surface area contributed by atoms with Crippen molar-refractivity contribution in [1.82, 2.24) is 4.90 Å². The molecule has 0 amide bonds. The summed E-state index contributed by atoms with van der Waals surface area (Å²) in [4.78, 5) is 2.29. The van der Waals surface area contributed by atoms with Crippen molar-refractivity contribution in [3.63, 3.8) is 0 Å². The van der Waals surface area contributed by atoms with Gasteiger partial charge in [0.05, 0.1) is 12.7 Å². The molecule has 5 heteroatoms. The number of nitrogens with two attached hydrogens (primary N) is 1. The molecule has 0 aliphatic carbocycles. The monoisotopic (exact) mass is 296 g/mol. The molecule has 2 atom stereocenters. The van der Waals surface area contributed by atoms with Crippen molar-refractivity contribution in [2.24, 2.45) is 5.73 Å². The minimum Gasteiger partial charge on any atom is -0.494 e. The fourth-order valence-corrected chi connectivity index (χ4v) is 3.06. The molecule has 0 radical (unpaired) electrons. The predicted molar refractivity (Wildman–Crippen MR) is 81.0 cm³/mol. The Kier molecular flexibility index (Phi) is 5.19. The van der Waals surface area contributed by atoms with Gasteiger partial charge in [-0.15, -0.1) is 0 Å². The SMILES string of the molecule is COc1ccc(C(CN)N2CCCC(C)(OC)C2)cc1F. The van der Waals surface area contributed by atoms with E-state index in [0.29, 0.717) is 6.54 Å². The van der Waals surface area contributed by atoms with Crippen LogP contribution in [0.2, 0.25) is 0 Å². The molecule has 118 valence electrons. The molecule has 21 heavy (non-hydrogen) atoms. The summed E-state index contributed by atoms with van der Waals surface area (Å²) >= 11 is 0. The number of likely N-dealkylation sites (tertiary alicyclic amines) is 1. The van der Waals surface area contributed by atoms with Gasteiger partial charge in [-0.25, -0.2) is 4.39 Å². The Morgan fingerprint density at radius 3 is 2.76 bits per heavy atom. The second kappa shape index (κ2) is 6.73. The average Bonchev–Trinajstić information content (AvgIpc) is 2.48. The van der Waals surface area contributed by atoms with Gasteiger partial charge < -0.3 is 15.2 Å². The van der Waals surface area contributed by atoms with Crippen LogP contribution in [-0.2, 0) is 4.74 Å². The molecule has 0 aromatic heterocycles. The number of rotatable bonds is 5. The van der Waals surface area contributed by atoms with E-state index in [1.165, 1.54) is 13.2 Å². The van der Waals surface area contributed by atoms with Gasteiger partial charge in [-0.05, 0) is 44.0 Å². The Balaban J connectivity index is 2.21. The van der Waals surface area contributed by atoms with Crippen molar-refractivity contribution in [3.8, 4) is 5.75 Å². The topological polar surface area (TPSA) is 47.7 Å². The lowest BCUT2D eigenvalue weighted by molar-refractivity contribution is -0.0608. The van der Waals surface area contributed by atoms with E-state index in [0.717, 1.165) is 31.5 Å². The zero-order valence-electron chi connectivity index (χ0n) is 13.1. The number of ether oxygens (including phenoxy) is 2. The summed E-state index contributed by atoms with van der Waals surface area (Å²) in [6.07, 6.45) is 2.09. The molecule has 2 N–H and O–H groups in total. The maximum absolute atomic E-state index is 13.9. The lowest BCUT2D eigenvalue weighted by Gasteiger charge is -2.43. The fourth-order valence-electron chi connectivity index (χ4n) is 3.06. The molecule has 1 aliphatic heterocycles. The molecule has 0 bridgehead atoms. The summed E-state index contributed by atoms with van der Waals surface area (Å²) in [5.41, 5.74) is 6.68. The van der Waals surface area contributed by atoms with Crippen molar-refractivity contribution < 1.29 is 13.9 Å². The Labute approximate surface area is 126 Å². The van der Waals surface area contributed by atoms with Gasteiger partial charge in [-0.1, -0.05) is 6.07 Å². The maximum atomic E-state index is 13.9. The maximum Gasteiger partial charge on any atom is 0.165 e. The first-order valence-electron chi connectivity index (χ1n) is 7.35. The number of benzene rings is 1. The second-order valence-electron chi connectivity index (χ2n) is 5.87. The third-order valence-electron chi connectivity index (χ3n) is 4.41. The molecule has 1 fully saturated rings. The van der Waals surface area contributed by atoms with Crippen molar-refractivity contribution in [2.45, 2.75) is 31.4 Å². The Bertz CT molecular complexity index is 483. The normalized spacial score (nSPS) is 24.8. The van der Waals surface area contributed by atoms with E-state index in [2.05, 4.69) is 11.8 Å². The second-order valence-corrected chi connectivity index (χ2v) is 5.87. The molecule has 1 aliphatic rings. The van der Waals surface area contributed by atoms with E-state index in [9.17, 15) is 4.39 Å². The first kappa shape index (κ1) is 16.2. The number of piperidine rings is 1. The highest BCUT2D eigenvalue weighted by Gasteiger charge is 2.34. The third-order valence-corrected chi connectivity index (χ3v) is 4.41. The fraction of sp³-hybridized carbons (Fsp3) is 0.625. The summed E-state index contributed by atoms with van der Waals surface area (Å²) in [5.74, 6) is -0.0881. The van der Waals surface area contributed by atoms with Crippen LogP contribution in [0.15, 0.2) is 18.2 Å². The number of methoxy groups -OCH3 is 2. The highest BCUT2D eigenvalue weighted by Crippen LogP contribution is 2.31. The van der Waals surface area contributed by atoms with Gasteiger partial charge in [-0.3, -0.25) is 4.90 Å². The summed E-state index contributed by atoms with van der Waals surface area (Å²) in [6, 6.07) is 5.07. The molecule has 1 saturated heterocycles. The quantitative estimate of drug-likeness (QED) is 0.906. The molecule has 0 spiro atoms. The van der Waals surface area contributed by atoms with Crippen LogP contribution in [0.3, 0.4) is 0 Å². The highest BCUT2D eigenvalue weighted by molar-refractivity contribution is 5.31. The Morgan fingerprint density at radius 2 is 2.19 bits per heavy atom. The van der Waals surface area contributed by atoms with E-state index in [4.69, 9.17) is 15.2 Å². The summed E-state index contributed by atoms with van der Waals surface area (Å²) in [7, 11) is 3.21. The Hall–Kier alpha value is -1.17. The van der Waals surface area contributed by atoms with Crippen LogP contribution in [0.1, 0.15) is 31.4 Å². The van der Waals surface area contributed by atoms with Gasteiger partial charge in [0.1, 0.15) is 0 Å². The van der Waals surface area contributed by atoms with Gasteiger partial charge in [0.2, 0.25) is 0 Å². The molecule has 1 heterocycles. The van der Waals surface area contributed by atoms with Crippen LogP contribution in [0, 0.1) is 5.82 Å². The number of hydrogen-bond donors (Lipinski definition) is 1. The summed E-state index contributed by atoms with van der Waals surface area (Å²) in [5, 5.41) is 0. The minimum atomic E-state index is -0.347. The van der Waals surface area contributed by atoms with Crippen molar-refractivity contribution in [3.05, 3.63) is 29.6 Å². The molecule has 1 aromatic rings. The standard InChI is InChI=1S/C16H25FN2O2/c1-16(21-3)7-4-8-19(11-16)14(10-18)12-5-6-15(20-2)13(17)9-12/h5-6,9,14H,4,7-8,10-11,18H2,1-3H3. The first-order valence-corrected chi connectivity index (χ1v) is 7.35. The lowest BCUT2D eigenvalue weighted by Crippen LogP contribution is -2.49. The van der Waals surface area contributed by atoms with E-state index in [1.54, 1.807) is 13.2 Å². The summed E-state index contributed by atoms with van der Waals surface area (Å²) < 4.78 is 24.5. The number of hydrogen-bond acceptors (Lipinski definition) is 4. The third kappa shape index (κ3) is 3.54. The zero-order chi connectivity index (χ0) is 15.5. The van der Waals surface area contributed by atoms with Gasteiger partial charge in [0.15, 0.2) is 11.6 Å². The van der Waals surface area contributed by atoms with E-state index >= 15 is 0 Å². The van der Waals surface area contributed by atoms with E-state index < -0.39 is 0 Å². The van der Waals surface area contributed by atoms with Gasteiger partial charge in [0, 0.05) is 26.2 Å². The first-order chi connectivity index (χ1) is 10.0. The van der Waals surface area contributed by atoms with Crippen LogP contribution in [0.5, 0.6) is 5.75 Å². The molecule has 2 rings (SSSR count). The number of nitrogens with zero attached hydrogens (tertiary/aromatic N) is 1. The molecule has 1 aromatic carbocycles. The van der Waals surface area contributed by atoms with Crippen molar-refractivity contribution in [1.29, 1.82) is 0 Å². The highest BCUT2D eigenvalue weighted by atomic mass is 19.1. The molecule has 0 saturated carbocycles. The van der Waals surface area contributed by atoms with Crippen LogP contribution in [-0.4, -0.2) is 44.4 Å². The van der Waals surface area contributed by atoms with Crippen molar-refractivity contribution >= 4 is 0 Å². The largest absolute Gasteiger partial charge is 0.494 e. The lowest BCUT2D eigenvalue weighted by atomic mass is 9.92. The zero-order valence-corrected chi connectivity index (χ0v) is 13.1. The smallest absolute Gasteiger partial charge is 0.165 e. The Morgan fingerprint density at radius 1 is 1.43 bits per heavy atom. The minimum absolute atomic E-state index is 0.000168. The predicted octanol–water partition coefficient (Wildman–Crippen LogP) is 2.33. The molecule has 4 nitrogen and oxygen atoms in total. The molecule has 2 unspecified atom stereocenters. The average molecular weight is 296 g/mol. The van der Waals surface area contributed by atoms with Gasteiger partial charge >= 0.3 is 0 Å². The molecular weight excluding hydrogens is 271 g/mol. The van der Waals surface area contributed by atoms with Crippen molar-refractivity contribution in [2.75, 3.05) is 33.9 Å². The van der Waals surface area contributed by atoms with Crippen LogP contribution >= 0.6 is 0 Å². The molecular formula is C16H25FN2O2. The van der Waals surface area contributed by atoms with Crippen LogP contribution < -0.4 is 10.5 Å². The summed E-state index contributed by atoms with van der Waals surface area (Å²) in [6.45, 7) is 4.32. The van der Waals surface area contributed by atoms with E-state index in [-0.39, 0.29) is 23.2 Å². The van der Waals surface area contributed by atoms with Crippen LogP contribution in [0.4, 0.5) is 4.39 Å². The number of halogens is 1. The van der Waals surface area contributed by atoms with Gasteiger partial charge in [0.25, 0.3) is 0 Å². The van der Waals surface area contributed by atoms with Crippen LogP contribution in [0.25, 0.3) is 0 Å².